The van der Waals surface area contributed by atoms with Crippen molar-refractivity contribution in [1.29, 1.82) is 0 Å². The van der Waals surface area contributed by atoms with Gasteiger partial charge in [0.05, 0.1) is 5.75 Å². The Morgan fingerprint density at radius 1 is 1.39 bits per heavy atom. The van der Waals surface area contributed by atoms with E-state index < -0.39 is 0 Å². The lowest BCUT2D eigenvalue weighted by Gasteiger charge is -2.01. The highest BCUT2D eigenvalue weighted by Gasteiger charge is 2.15. The van der Waals surface area contributed by atoms with E-state index in [2.05, 4.69) is 10.2 Å². The van der Waals surface area contributed by atoms with Gasteiger partial charge in [0, 0.05) is 24.0 Å². The first-order chi connectivity index (χ1) is 8.49. The summed E-state index contributed by atoms with van der Waals surface area (Å²) in [5.41, 5.74) is 2.93. The topological polar surface area (TPSA) is 47.8 Å². The van der Waals surface area contributed by atoms with Gasteiger partial charge in [-0.25, -0.2) is 0 Å². The maximum absolute atomic E-state index is 12.1. The SMILES string of the molecule is Cc1nnc(SCC(=O)c2cc(C)n(C)c2C)s1. The van der Waals surface area contributed by atoms with Gasteiger partial charge in [-0.2, -0.15) is 0 Å². The van der Waals surface area contributed by atoms with E-state index in [0.717, 1.165) is 26.3 Å². The second-order valence-corrected chi connectivity index (χ2v) is 6.55. The van der Waals surface area contributed by atoms with Crippen LogP contribution in [0.15, 0.2) is 10.4 Å². The summed E-state index contributed by atoms with van der Waals surface area (Å²) in [5.74, 6) is 0.563. The van der Waals surface area contributed by atoms with E-state index in [1.807, 2.05) is 38.5 Å². The van der Waals surface area contributed by atoms with Crippen molar-refractivity contribution in [3.05, 3.63) is 28.0 Å². The minimum Gasteiger partial charge on any atom is -0.351 e. The third-order valence-electron chi connectivity index (χ3n) is 2.91. The highest BCUT2D eigenvalue weighted by atomic mass is 32.2. The van der Waals surface area contributed by atoms with Crippen LogP contribution < -0.4 is 0 Å². The molecule has 18 heavy (non-hydrogen) atoms. The number of Topliss-reactive ketones (excluding diaryl/α,β-unsaturated/α-hetero) is 1. The number of rotatable bonds is 4. The maximum atomic E-state index is 12.1. The second-order valence-electron chi connectivity index (χ2n) is 4.14. The van der Waals surface area contributed by atoms with Gasteiger partial charge < -0.3 is 4.57 Å². The molecule has 0 N–H and O–H groups in total. The molecule has 2 heterocycles. The molecule has 4 nitrogen and oxygen atoms in total. The molecule has 0 aromatic carbocycles. The molecular weight excluding hydrogens is 266 g/mol. The van der Waals surface area contributed by atoms with Gasteiger partial charge >= 0.3 is 0 Å². The van der Waals surface area contributed by atoms with Crippen LogP contribution in [0.2, 0.25) is 0 Å². The van der Waals surface area contributed by atoms with Crippen LogP contribution in [-0.4, -0.2) is 26.3 Å². The van der Waals surface area contributed by atoms with E-state index >= 15 is 0 Å². The van der Waals surface area contributed by atoms with Crippen LogP contribution in [0.5, 0.6) is 0 Å². The minimum atomic E-state index is 0.147. The molecule has 0 unspecified atom stereocenters. The van der Waals surface area contributed by atoms with Crippen molar-refractivity contribution < 1.29 is 4.79 Å². The lowest BCUT2D eigenvalue weighted by Crippen LogP contribution is -2.04. The summed E-state index contributed by atoms with van der Waals surface area (Å²) in [5, 5.41) is 8.86. The smallest absolute Gasteiger partial charge is 0.174 e. The van der Waals surface area contributed by atoms with Gasteiger partial charge in [0.1, 0.15) is 5.01 Å². The zero-order chi connectivity index (χ0) is 13.3. The summed E-state index contributed by atoms with van der Waals surface area (Å²) < 4.78 is 2.89. The van der Waals surface area contributed by atoms with Crippen LogP contribution in [0, 0.1) is 20.8 Å². The highest BCUT2D eigenvalue weighted by Crippen LogP contribution is 2.24. The first-order valence-corrected chi connectivity index (χ1v) is 7.38. The third-order valence-corrected chi connectivity index (χ3v) is 4.88. The van der Waals surface area contributed by atoms with Crippen molar-refractivity contribution in [1.82, 2.24) is 14.8 Å². The fraction of sp³-hybridized carbons (Fsp3) is 0.417. The zero-order valence-corrected chi connectivity index (χ0v) is 12.5. The number of nitrogens with zero attached hydrogens (tertiary/aromatic N) is 3. The third kappa shape index (κ3) is 2.64. The molecule has 0 radical (unpaired) electrons. The van der Waals surface area contributed by atoms with Crippen molar-refractivity contribution >= 4 is 28.9 Å². The predicted molar refractivity (Wildman–Crippen MR) is 74.6 cm³/mol. The van der Waals surface area contributed by atoms with Crippen LogP contribution in [0.1, 0.15) is 26.8 Å². The van der Waals surface area contributed by atoms with E-state index in [0.29, 0.717) is 5.75 Å². The average Bonchev–Trinajstić information content (AvgIpc) is 2.86. The van der Waals surface area contributed by atoms with Crippen molar-refractivity contribution in [3.8, 4) is 0 Å². The molecule has 0 aliphatic rings. The number of aromatic nitrogens is 3. The monoisotopic (exact) mass is 281 g/mol. The Morgan fingerprint density at radius 2 is 2.11 bits per heavy atom. The minimum absolute atomic E-state index is 0.147. The van der Waals surface area contributed by atoms with Crippen LogP contribution in [0.4, 0.5) is 0 Å². The summed E-state index contributed by atoms with van der Waals surface area (Å²) >= 11 is 2.97. The Kier molecular flexibility index (Phi) is 3.87. The van der Waals surface area contributed by atoms with Crippen molar-refractivity contribution in [3.63, 3.8) is 0 Å². The van der Waals surface area contributed by atoms with Crippen molar-refractivity contribution in [2.75, 3.05) is 5.75 Å². The van der Waals surface area contributed by atoms with Gasteiger partial charge in [-0.05, 0) is 26.8 Å². The lowest BCUT2D eigenvalue weighted by molar-refractivity contribution is 0.102. The Balaban J connectivity index is 2.06. The number of carbonyl (C=O) groups is 1. The maximum Gasteiger partial charge on any atom is 0.174 e. The standard InChI is InChI=1S/C12H15N3OS2/c1-7-5-10(8(2)15(7)4)11(16)6-17-12-14-13-9(3)18-12/h5H,6H2,1-4H3. The molecule has 0 spiro atoms. The van der Waals surface area contributed by atoms with Gasteiger partial charge in [0.2, 0.25) is 0 Å². The van der Waals surface area contributed by atoms with Crippen molar-refractivity contribution in [2.24, 2.45) is 7.05 Å². The molecule has 0 aliphatic heterocycles. The predicted octanol–water partition coefficient (Wildman–Crippen LogP) is 2.78. The number of hydrogen-bond acceptors (Lipinski definition) is 5. The quantitative estimate of drug-likeness (QED) is 0.638. The number of thioether (sulfide) groups is 1. The molecule has 2 aromatic heterocycles. The molecule has 96 valence electrons. The molecule has 0 bridgehead atoms. The van der Waals surface area contributed by atoms with Gasteiger partial charge in [0.25, 0.3) is 0 Å². The summed E-state index contributed by atoms with van der Waals surface area (Å²) in [6.07, 6.45) is 0. The molecule has 0 amide bonds. The van der Waals surface area contributed by atoms with Gasteiger partial charge in [-0.3, -0.25) is 4.79 Å². The fourth-order valence-electron chi connectivity index (χ4n) is 1.68. The Hall–Kier alpha value is -1.14. The zero-order valence-electron chi connectivity index (χ0n) is 10.9. The number of carbonyl (C=O) groups excluding carboxylic acids is 1. The number of hydrogen-bond donors (Lipinski definition) is 0. The van der Waals surface area contributed by atoms with E-state index in [9.17, 15) is 4.79 Å². The van der Waals surface area contributed by atoms with E-state index in [-0.39, 0.29) is 5.78 Å². The van der Waals surface area contributed by atoms with E-state index in [4.69, 9.17) is 0 Å². The first-order valence-electron chi connectivity index (χ1n) is 5.58. The number of ketones is 1. The number of aryl methyl sites for hydroxylation is 2. The molecule has 0 fully saturated rings. The molecule has 2 aromatic rings. The highest BCUT2D eigenvalue weighted by molar-refractivity contribution is 8.01. The lowest BCUT2D eigenvalue weighted by atomic mass is 10.2. The largest absolute Gasteiger partial charge is 0.351 e. The summed E-state index contributed by atoms with van der Waals surface area (Å²) in [6, 6.07) is 1.95. The Bertz CT molecular complexity index is 586. The van der Waals surface area contributed by atoms with Crippen molar-refractivity contribution in [2.45, 2.75) is 25.1 Å². The Morgan fingerprint density at radius 3 is 2.61 bits per heavy atom. The van der Waals surface area contributed by atoms with Crippen LogP contribution >= 0.6 is 23.1 Å². The second kappa shape index (κ2) is 5.24. The summed E-state index contributed by atoms with van der Waals surface area (Å²) in [6.45, 7) is 5.89. The molecule has 2 rings (SSSR count). The first kappa shape index (κ1) is 13.3. The molecule has 0 aliphatic carbocycles. The van der Waals surface area contributed by atoms with E-state index in [1.165, 1.54) is 23.1 Å². The average molecular weight is 281 g/mol. The Labute approximate surface area is 114 Å². The molecule has 0 atom stereocenters. The summed E-state index contributed by atoms with van der Waals surface area (Å²) in [7, 11) is 1.97. The van der Waals surface area contributed by atoms with Gasteiger partial charge in [-0.1, -0.05) is 23.1 Å². The van der Waals surface area contributed by atoms with Crippen LogP contribution in [0.25, 0.3) is 0 Å². The molecule has 6 heteroatoms. The fourth-order valence-corrected chi connectivity index (χ4v) is 3.38. The van der Waals surface area contributed by atoms with Gasteiger partial charge in [0.15, 0.2) is 10.1 Å². The van der Waals surface area contributed by atoms with E-state index in [1.54, 1.807) is 0 Å². The van der Waals surface area contributed by atoms with Crippen LogP contribution in [-0.2, 0) is 7.05 Å². The molecule has 0 saturated carbocycles. The van der Waals surface area contributed by atoms with Crippen LogP contribution in [0.3, 0.4) is 0 Å². The molecule has 0 saturated heterocycles. The normalized spacial score (nSPS) is 10.9. The van der Waals surface area contributed by atoms with Gasteiger partial charge in [-0.15, -0.1) is 10.2 Å². The molecular formula is C12H15N3OS2. The summed E-state index contributed by atoms with van der Waals surface area (Å²) in [4.78, 5) is 12.1.